The van der Waals surface area contributed by atoms with Gasteiger partial charge in [-0.2, -0.15) is 0 Å². The Morgan fingerprint density at radius 3 is 2.18 bits per heavy atom. The van der Waals surface area contributed by atoms with Crippen LogP contribution in [0.5, 0.6) is 0 Å². The molecular formula is C16H25N. The largest absolute Gasteiger partial charge is 0.297 e. The van der Waals surface area contributed by atoms with Crippen molar-refractivity contribution in [3.63, 3.8) is 0 Å². The predicted octanol–water partition coefficient (Wildman–Crippen LogP) is 3.91. The summed E-state index contributed by atoms with van der Waals surface area (Å²) < 4.78 is 0. The van der Waals surface area contributed by atoms with Crippen LogP contribution in [-0.2, 0) is 0 Å². The molecule has 2 atom stereocenters. The van der Waals surface area contributed by atoms with Gasteiger partial charge in [0.05, 0.1) is 0 Å². The summed E-state index contributed by atoms with van der Waals surface area (Å²) in [6.45, 7) is 10.6. The van der Waals surface area contributed by atoms with E-state index in [0.717, 1.165) is 17.9 Å². The summed E-state index contributed by atoms with van der Waals surface area (Å²) in [5.41, 5.74) is 1.52. The maximum Gasteiger partial charge on any atom is 0.0127 e. The topological polar surface area (TPSA) is 3.24 Å². The Balaban J connectivity index is 2.14. The van der Waals surface area contributed by atoms with Crippen LogP contribution in [0.4, 0.5) is 0 Å². The summed E-state index contributed by atoms with van der Waals surface area (Å²) in [5, 5.41) is 0. The predicted molar refractivity (Wildman–Crippen MR) is 74.3 cm³/mol. The first-order chi connectivity index (χ1) is 8.09. The van der Waals surface area contributed by atoms with Gasteiger partial charge in [-0.1, -0.05) is 44.2 Å². The van der Waals surface area contributed by atoms with Crippen LogP contribution < -0.4 is 0 Å². The molecule has 1 aliphatic rings. The van der Waals surface area contributed by atoms with Crippen LogP contribution in [0.25, 0.3) is 0 Å². The Hall–Kier alpha value is -0.820. The van der Waals surface area contributed by atoms with Crippen LogP contribution in [0.2, 0.25) is 0 Å². The molecule has 1 heterocycles. The Morgan fingerprint density at radius 1 is 1.06 bits per heavy atom. The number of hydrogen-bond acceptors (Lipinski definition) is 1. The van der Waals surface area contributed by atoms with Gasteiger partial charge < -0.3 is 0 Å². The molecule has 1 aromatic carbocycles. The molecule has 0 radical (unpaired) electrons. The number of benzene rings is 1. The Kier molecular flexibility index (Phi) is 3.88. The second-order valence-corrected chi connectivity index (χ2v) is 5.95. The van der Waals surface area contributed by atoms with E-state index in [2.05, 4.69) is 62.9 Å². The lowest BCUT2D eigenvalue weighted by atomic mass is 9.92. The second-order valence-electron chi connectivity index (χ2n) is 5.95. The second kappa shape index (κ2) is 5.22. The van der Waals surface area contributed by atoms with E-state index in [-0.39, 0.29) is 0 Å². The van der Waals surface area contributed by atoms with Gasteiger partial charge in [0.15, 0.2) is 0 Å². The minimum Gasteiger partial charge on any atom is -0.297 e. The summed E-state index contributed by atoms with van der Waals surface area (Å²) in [6.07, 6.45) is 1.32. The fourth-order valence-corrected chi connectivity index (χ4v) is 3.11. The SMILES string of the molecule is CC(C)C1C[C@@H](c2ccccc2)CN1C(C)C. The van der Waals surface area contributed by atoms with Gasteiger partial charge in [-0.05, 0) is 37.7 Å². The Labute approximate surface area is 106 Å². The van der Waals surface area contributed by atoms with E-state index in [1.807, 2.05) is 0 Å². The van der Waals surface area contributed by atoms with E-state index in [4.69, 9.17) is 0 Å². The van der Waals surface area contributed by atoms with Gasteiger partial charge in [-0.3, -0.25) is 4.90 Å². The first kappa shape index (κ1) is 12.6. The fraction of sp³-hybridized carbons (Fsp3) is 0.625. The summed E-state index contributed by atoms with van der Waals surface area (Å²) in [4.78, 5) is 2.68. The minimum absolute atomic E-state index is 0.663. The molecule has 0 aromatic heterocycles. The molecule has 1 heteroatoms. The van der Waals surface area contributed by atoms with Gasteiger partial charge in [-0.15, -0.1) is 0 Å². The molecule has 1 aliphatic heterocycles. The van der Waals surface area contributed by atoms with Crippen molar-refractivity contribution in [3.8, 4) is 0 Å². The highest BCUT2D eigenvalue weighted by molar-refractivity contribution is 5.22. The number of nitrogens with zero attached hydrogens (tertiary/aromatic N) is 1. The van der Waals surface area contributed by atoms with Gasteiger partial charge in [0.2, 0.25) is 0 Å². The lowest BCUT2D eigenvalue weighted by Crippen LogP contribution is -2.38. The molecule has 0 bridgehead atoms. The van der Waals surface area contributed by atoms with Crippen molar-refractivity contribution in [2.75, 3.05) is 6.54 Å². The Morgan fingerprint density at radius 2 is 1.71 bits per heavy atom. The third-order valence-electron chi connectivity index (χ3n) is 4.09. The molecule has 94 valence electrons. The van der Waals surface area contributed by atoms with Crippen molar-refractivity contribution in [1.82, 2.24) is 4.90 Å². The first-order valence-electron chi connectivity index (χ1n) is 6.90. The zero-order valence-electron chi connectivity index (χ0n) is 11.6. The first-order valence-corrected chi connectivity index (χ1v) is 6.90. The van der Waals surface area contributed by atoms with Crippen molar-refractivity contribution in [3.05, 3.63) is 35.9 Å². The maximum atomic E-state index is 2.68. The van der Waals surface area contributed by atoms with Crippen molar-refractivity contribution in [1.29, 1.82) is 0 Å². The van der Waals surface area contributed by atoms with Crippen LogP contribution in [0, 0.1) is 5.92 Å². The number of likely N-dealkylation sites (tertiary alicyclic amines) is 1. The molecule has 1 fully saturated rings. The molecule has 0 spiro atoms. The zero-order chi connectivity index (χ0) is 12.4. The van der Waals surface area contributed by atoms with E-state index in [0.29, 0.717) is 6.04 Å². The standard InChI is InChI=1S/C16H25N/c1-12(2)16-10-15(11-17(16)13(3)4)14-8-6-5-7-9-14/h5-9,12-13,15-16H,10-11H2,1-4H3/t15-,16?/m1/s1. The van der Waals surface area contributed by atoms with Gasteiger partial charge in [-0.25, -0.2) is 0 Å². The van der Waals surface area contributed by atoms with Crippen LogP contribution in [0.3, 0.4) is 0 Å². The summed E-state index contributed by atoms with van der Waals surface area (Å²) >= 11 is 0. The molecule has 2 rings (SSSR count). The zero-order valence-corrected chi connectivity index (χ0v) is 11.6. The minimum atomic E-state index is 0.663. The molecule has 1 unspecified atom stereocenters. The van der Waals surface area contributed by atoms with Crippen molar-refractivity contribution >= 4 is 0 Å². The van der Waals surface area contributed by atoms with E-state index in [9.17, 15) is 0 Å². The molecule has 0 amide bonds. The van der Waals surface area contributed by atoms with E-state index in [1.165, 1.54) is 18.5 Å². The highest BCUT2D eigenvalue weighted by Crippen LogP contribution is 2.35. The van der Waals surface area contributed by atoms with Crippen molar-refractivity contribution in [2.24, 2.45) is 5.92 Å². The monoisotopic (exact) mass is 231 g/mol. The molecule has 1 nitrogen and oxygen atoms in total. The van der Waals surface area contributed by atoms with Crippen LogP contribution in [-0.4, -0.2) is 23.5 Å². The average Bonchev–Trinajstić information content (AvgIpc) is 2.75. The summed E-state index contributed by atoms with van der Waals surface area (Å²) in [7, 11) is 0. The van der Waals surface area contributed by atoms with E-state index in [1.54, 1.807) is 0 Å². The lowest BCUT2D eigenvalue weighted by Gasteiger charge is -2.30. The fourth-order valence-electron chi connectivity index (χ4n) is 3.11. The Bertz CT molecular complexity index is 326. The summed E-state index contributed by atoms with van der Waals surface area (Å²) in [5.74, 6) is 1.48. The normalized spacial score (nSPS) is 26.0. The molecule has 17 heavy (non-hydrogen) atoms. The molecule has 1 saturated heterocycles. The van der Waals surface area contributed by atoms with Gasteiger partial charge in [0.1, 0.15) is 0 Å². The molecule has 0 aliphatic carbocycles. The maximum absolute atomic E-state index is 2.68. The van der Waals surface area contributed by atoms with Crippen molar-refractivity contribution < 1.29 is 0 Å². The van der Waals surface area contributed by atoms with Crippen molar-refractivity contribution in [2.45, 2.75) is 52.1 Å². The molecule has 0 saturated carbocycles. The quantitative estimate of drug-likeness (QED) is 0.762. The number of rotatable bonds is 3. The smallest absolute Gasteiger partial charge is 0.0127 e. The lowest BCUT2D eigenvalue weighted by molar-refractivity contribution is 0.165. The summed E-state index contributed by atoms with van der Waals surface area (Å²) in [6, 6.07) is 12.4. The van der Waals surface area contributed by atoms with Gasteiger partial charge in [0, 0.05) is 18.6 Å². The molecular weight excluding hydrogens is 206 g/mol. The third-order valence-corrected chi connectivity index (χ3v) is 4.09. The highest BCUT2D eigenvalue weighted by Gasteiger charge is 2.35. The number of hydrogen-bond donors (Lipinski definition) is 0. The van der Waals surface area contributed by atoms with Gasteiger partial charge in [0.25, 0.3) is 0 Å². The van der Waals surface area contributed by atoms with Gasteiger partial charge >= 0.3 is 0 Å². The van der Waals surface area contributed by atoms with Crippen LogP contribution in [0.1, 0.15) is 45.6 Å². The van der Waals surface area contributed by atoms with E-state index >= 15 is 0 Å². The molecule has 1 aromatic rings. The average molecular weight is 231 g/mol. The van der Waals surface area contributed by atoms with E-state index < -0.39 is 0 Å². The molecule has 0 N–H and O–H groups in total. The van der Waals surface area contributed by atoms with Crippen LogP contribution in [0.15, 0.2) is 30.3 Å². The third kappa shape index (κ3) is 2.71. The highest BCUT2D eigenvalue weighted by atomic mass is 15.2. The van der Waals surface area contributed by atoms with Crippen LogP contribution >= 0.6 is 0 Å².